The average molecular weight is 355 g/mol. The maximum atomic E-state index is 12.6. The van der Waals surface area contributed by atoms with Gasteiger partial charge in [-0.15, -0.1) is 0 Å². The quantitative estimate of drug-likeness (QED) is 0.895. The molecule has 1 fully saturated rings. The van der Waals surface area contributed by atoms with Crippen molar-refractivity contribution in [1.29, 1.82) is 0 Å². The predicted octanol–water partition coefficient (Wildman–Crippen LogP) is 2.33. The molecule has 1 aromatic heterocycles. The van der Waals surface area contributed by atoms with Crippen molar-refractivity contribution >= 4 is 11.8 Å². The third-order valence-electron chi connectivity index (χ3n) is 4.57. The van der Waals surface area contributed by atoms with Crippen molar-refractivity contribution in [2.24, 2.45) is 0 Å². The Bertz CT molecular complexity index is 725. The fourth-order valence-corrected chi connectivity index (χ4v) is 3.17. The molecule has 138 valence electrons. The van der Waals surface area contributed by atoms with Gasteiger partial charge in [-0.2, -0.15) is 0 Å². The van der Waals surface area contributed by atoms with Gasteiger partial charge in [0.25, 0.3) is 5.91 Å². The van der Waals surface area contributed by atoms with Crippen LogP contribution in [0.2, 0.25) is 0 Å². The van der Waals surface area contributed by atoms with E-state index in [1.54, 1.807) is 18.5 Å². The standard InChI is InChI=1S/C20H25N3O3/c1-2-26-18-6-4-16(5-7-18)14-19(24)22-10-3-11-23(13-12-22)20(25)17-8-9-21-15-17/h4-9,15,21H,2-3,10-14H2,1H3. The Morgan fingerprint density at radius 1 is 1.04 bits per heavy atom. The zero-order valence-corrected chi connectivity index (χ0v) is 15.1. The Kier molecular flexibility index (Phi) is 5.94. The van der Waals surface area contributed by atoms with E-state index in [0.717, 1.165) is 17.7 Å². The summed E-state index contributed by atoms with van der Waals surface area (Å²) in [4.78, 5) is 31.7. The normalized spacial score (nSPS) is 14.8. The Balaban J connectivity index is 1.54. The maximum Gasteiger partial charge on any atom is 0.255 e. The number of hydrogen-bond acceptors (Lipinski definition) is 3. The van der Waals surface area contributed by atoms with Crippen molar-refractivity contribution in [1.82, 2.24) is 14.8 Å². The van der Waals surface area contributed by atoms with Crippen LogP contribution in [0.4, 0.5) is 0 Å². The highest BCUT2D eigenvalue weighted by molar-refractivity contribution is 5.94. The largest absolute Gasteiger partial charge is 0.494 e. The summed E-state index contributed by atoms with van der Waals surface area (Å²) in [7, 11) is 0. The van der Waals surface area contributed by atoms with Gasteiger partial charge in [0, 0.05) is 38.6 Å². The van der Waals surface area contributed by atoms with Gasteiger partial charge < -0.3 is 19.5 Å². The van der Waals surface area contributed by atoms with Crippen LogP contribution < -0.4 is 4.74 Å². The third kappa shape index (κ3) is 4.45. The SMILES string of the molecule is CCOc1ccc(CC(=O)N2CCCN(C(=O)c3cc[nH]c3)CC2)cc1. The van der Waals surface area contributed by atoms with Gasteiger partial charge in [-0.25, -0.2) is 0 Å². The topological polar surface area (TPSA) is 65.6 Å². The number of hydrogen-bond donors (Lipinski definition) is 1. The van der Waals surface area contributed by atoms with Crippen LogP contribution in [0.5, 0.6) is 5.75 Å². The number of nitrogens with zero attached hydrogens (tertiary/aromatic N) is 2. The fourth-order valence-electron chi connectivity index (χ4n) is 3.17. The second kappa shape index (κ2) is 8.56. The van der Waals surface area contributed by atoms with E-state index < -0.39 is 0 Å². The molecule has 2 heterocycles. The summed E-state index contributed by atoms with van der Waals surface area (Å²) in [5, 5.41) is 0. The van der Waals surface area contributed by atoms with Crippen LogP contribution in [0.1, 0.15) is 29.3 Å². The van der Waals surface area contributed by atoms with Crippen LogP contribution in [-0.4, -0.2) is 59.4 Å². The lowest BCUT2D eigenvalue weighted by atomic mass is 10.1. The molecular formula is C20H25N3O3. The Labute approximate surface area is 153 Å². The van der Waals surface area contributed by atoms with Crippen molar-refractivity contribution in [3.63, 3.8) is 0 Å². The highest BCUT2D eigenvalue weighted by Gasteiger charge is 2.23. The summed E-state index contributed by atoms with van der Waals surface area (Å²) >= 11 is 0. The Morgan fingerprint density at radius 3 is 2.46 bits per heavy atom. The van der Waals surface area contributed by atoms with E-state index in [9.17, 15) is 9.59 Å². The first kappa shape index (κ1) is 18.0. The lowest BCUT2D eigenvalue weighted by molar-refractivity contribution is -0.130. The minimum Gasteiger partial charge on any atom is -0.494 e. The summed E-state index contributed by atoms with van der Waals surface area (Å²) in [6.07, 6.45) is 4.63. The van der Waals surface area contributed by atoms with E-state index in [-0.39, 0.29) is 11.8 Å². The molecule has 1 saturated heterocycles. The zero-order valence-electron chi connectivity index (χ0n) is 15.1. The molecule has 1 aromatic carbocycles. The Morgan fingerprint density at radius 2 is 1.77 bits per heavy atom. The van der Waals surface area contributed by atoms with Gasteiger partial charge in [0.2, 0.25) is 5.91 Å². The number of benzene rings is 1. The number of ether oxygens (including phenoxy) is 1. The number of carbonyl (C=O) groups excluding carboxylic acids is 2. The highest BCUT2D eigenvalue weighted by atomic mass is 16.5. The number of aromatic nitrogens is 1. The molecule has 0 spiro atoms. The molecule has 1 aliphatic rings. The Hall–Kier alpha value is -2.76. The summed E-state index contributed by atoms with van der Waals surface area (Å²) in [5.74, 6) is 0.939. The smallest absolute Gasteiger partial charge is 0.255 e. The maximum absolute atomic E-state index is 12.6. The molecule has 0 aliphatic carbocycles. The number of aromatic amines is 1. The van der Waals surface area contributed by atoms with Gasteiger partial charge in [0.05, 0.1) is 18.6 Å². The average Bonchev–Trinajstić information content (AvgIpc) is 3.07. The third-order valence-corrected chi connectivity index (χ3v) is 4.57. The molecule has 0 saturated carbocycles. The highest BCUT2D eigenvalue weighted by Crippen LogP contribution is 2.14. The van der Waals surface area contributed by atoms with E-state index in [1.807, 2.05) is 41.0 Å². The second-order valence-corrected chi connectivity index (χ2v) is 6.38. The zero-order chi connectivity index (χ0) is 18.4. The fraction of sp³-hybridized carbons (Fsp3) is 0.400. The van der Waals surface area contributed by atoms with E-state index in [4.69, 9.17) is 4.74 Å². The molecular weight excluding hydrogens is 330 g/mol. The molecule has 1 aliphatic heterocycles. The molecule has 1 N–H and O–H groups in total. The summed E-state index contributed by atoms with van der Waals surface area (Å²) in [6, 6.07) is 9.44. The number of rotatable bonds is 5. The first-order valence-electron chi connectivity index (χ1n) is 9.09. The molecule has 0 unspecified atom stereocenters. The van der Waals surface area contributed by atoms with Crippen molar-refractivity contribution in [2.45, 2.75) is 19.8 Å². The second-order valence-electron chi connectivity index (χ2n) is 6.38. The lowest BCUT2D eigenvalue weighted by Crippen LogP contribution is -2.37. The van der Waals surface area contributed by atoms with E-state index in [2.05, 4.69) is 4.98 Å². The summed E-state index contributed by atoms with van der Waals surface area (Å²) in [6.45, 7) is 5.08. The number of H-pyrrole nitrogens is 1. The summed E-state index contributed by atoms with van der Waals surface area (Å²) in [5.41, 5.74) is 1.64. The van der Waals surface area contributed by atoms with Crippen LogP contribution in [0.25, 0.3) is 0 Å². The number of amides is 2. The molecule has 26 heavy (non-hydrogen) atoms. The molecule has 3 rings (SSSR count). The van der Waals surface area contributed by atoms with Crippen molar-refractivity contribution in [2.75, 3.05) is 32.8 Å². The number of nitrogens with one attached hydrogen (secondary N) is 1. The van der Waals surface area contributed by atoms with Gasteiger partial charge in [-0.3, -0.25) is 9.59 Å². The first-order chi connectivity index (χ1) is 12.7. The predicted molar refractivity (Wildman–Crippen MR) is 99.2 cm³/mol. The van der Waals surface area contributed by atoms with Gasteiger partial charge >= 0.3 is 0 Å². The number of carbonyl (C=O) groups is 2. The monoisotopic (exact) mass is 355 g/mol. The van der Waals surface area contributed by atoms with Crippen molar-refractivity contribution < 1.29 is 14.3 Å². The minimum absolute atomic E-state index is 0.0204. The molecule has 6 nitrogen and oxygen atoms in total. The van der Waals surface area contributed by atoms with Gasteiger partial charge in [0.15, 0.2) is 0 Å². The molecule has 0 radical (unpaired) electrons. The van der Waals surface area contributed by atoms with Gasteiger partial charge in [-0.05, 0) is 37.1 Å². The van der Waals surface area contributed by atoms with E-state index in [0.29, 0.717) is 44.8 Å². The molecule has 2 amide bonds. The molecule has 6 heteroatoms. The molecule has 0 atom stereocenters. The van der Waals surface area contributed by atoms with Crippen LogP contribution in [0.3, 0.4) is 0 Å². The van der Waals surface area contributed by atoms with E-state index >= 15 is 0 Å². The van der Waals surface area contributed by atoms with Gasteiger partial charge in [0.1, 0.15) is 5.75 Å². The van der Waals surface area contributed by atoms with E-state index in [1.165, 1.54) is 0 Å². The van der Waals surface area contributed by atoms with Crippen LogP contribution in [0.15, 0.2) is 42.7 Å². The van der Waals surface area contributed by atoms with Gasteiger partial charge in [-0.1, -0.05) is 12.1 Å². The lowest BCUT2D eigenvalue weighted by Gasteiger charge is -2.22. The van der Waals surface area contributed by atoms with Crippen LogP contribution in [-0.2, 0) is 11.2 Å². The van der Waals surface area contributed by atoms with Crippen molar-refractivity contribution in [3.05, 3.63) is 53.9 Å². The first-order valence-corrected chi connectivity index (χ1v) is 9.09. The van der Waals surface area contributed by atoms with Crippen LogP contribution >= 0.6 is 0 Å². The van der Waals surface area contributed by atoms with Crippen LogP contribution in [0, 0.1) is 0 Å². The molecule has 2 aromatic rings. The molecule has 0 bridgehead atoms. The summed E-state index contributed by atoms with van der Waals surface area (Å²) < 4.78 is 5.43. The van der Waals surface area contributed by atoms with Crippen molar-refractivity contribution in [3.8, 4) is 5.75 Å². The minimum atomic E-state index is 0.0204.